The topological polar surface area (TPSA) is 81.8 Å². The normalized spacial score (nSPS) is 11.0. The Morgan fingerprint density at radius 2 is 1.92 bits per heavy atom. The Bertz CT molecular complexity index is 1110. The number of nitrogens with zero attached hydrogens (tertiary/aromatic N) is 1. The number of aromatic amines is 2. The number of rotatable bonds is 2. The zero-order chi connectivity index (χ0) is 16.7. The highest BCUT2D eigenvalue weighted by Gasteiger charge is 2.13. The van der Waals surface area contributed by atoms with Crippen molar-refractivity contribution in [3.05, 3.63) is 70.6 Å². The van der Waals surface area contributed by atoms with Crippen molar-refractivity contribution in [3.63, 3.8) is 0 Å². The van der Waals surface area contributed by atoms with Crippen LogP contribution in [0.2, 0.25) is 0 Å². The van der Waals surface area contributed by atoms with Crippen LogP contribution in [0, 0.1) is 6.92 Å². The van der Waals surface area contributed by atoms with Gasteiger partial charge in [-0.05, 0) is 48.4 Å². The van der Waals surface area contributed by atoms with Gasteiger partial charge in [0, 0.05) is 11.8 Å². The molecule has 0 aliphatic heterocycles. The maximum Gasteiger partial charge on any atom is 0.255 e. The van der Waals surface area contributed by atoms with Crippen LogP contribution in [-0.2, 0) is 0 Å². The number of aromatic hydroxyl groups is 1. The Morgan fingerprint density at radius 3 is 2.71 bits per heavy atom. The van der Waals surface area contributed by atoms with Crippen LogP contribution >= 0.6 is 0 Å². The number of pyridine rings is 1. The summed E-state index contributed by atoms with van der Waals surface area (Å²) in [5.41, 5.74) is 4.50. The van der Waals surface area contributed by atoms with Gasteiger partial charge >= 0.3 is 0 Å². The summed E-state index contributed by atoms with van der Waals surface area (Å²) in [7, 11) is 0. The summed E-state index contributed by atoms with van der Waals surface area (Å²) < 4.78 is 0. The first-order valence-electron chi connectivity index (χ1n) is 7.60. The molecule has 0 aliphatic rings. The minimum absolute atomic E-state index is 0.114. The molecule has 118 valence electrons. The van der Waals surface area contributed by atoms with E-state index in [9.17, 15) is 9.90 Å². The van der Waals surface area contributed by atoms with E-state index in [1.165, 1.54) is 0 Å². The molecular formula is C19H15N3O2. The predicted molar refractivity (Wildman–Crippen MR) is 94.0 cm³/mol. The molecule has 2 aromatic heterocycles. The van der Waals surface area contributed by atoms with E-state index in [2.05, 4.69) is 15.0 Å². The fraction of sp³-hybridized carbons (Fsp3) is 0.0526. The molecule has 2 heterocycles. The number of H-pyrrole nitrogens is 2. The number of benzene rings is 2. The first-order chi connectivity index (χ1) is 11.6. The molecule has 4 aromatic rings. The van der Waals surface area contributed by atoms with Gasteiger partial charge in [0.25, 0.3) is 5.56 Å². The minimum Gasteiger partial charge on any atom is -0.507 e. The number of phenolic OH excluding ortho intramolecular Hbond substituents is 1. The van der Waals surface area contributed by atoms with Gasteiger partial charge in [0.2, 0.25) is 0 Å². The van der Waals surface area contributed by atoms with Gasteiger partial charge in [-0.3, -0.25) is 4.79 Å². The summed E-state index contributed by atoms with van der Waals surface area (Å²) in [6.07, 6.45) is 1.59. The van der Waals surface area contributed by atoms with Gasteiger partial charge in [-0.15, -0.1) is 0 Å². The van der Waals surface area contributed by atoms with Gasteiger partial charge in [0.05, 0.1) is 16.6 Å². The highest BCUT2D eigenvalue weighted by molar-refractivity contribution is 5.84. The van der Waals surface area contributed by atoms with Crippen LogP contribution in [0.5, 0.6) is 5.75 Å². The third-order valence-corrected chi connectivity index (χ3v) is 4.10. The Kier molecular flexibility index (Phi) is 3.20. The zero-order valence-electron chi connectivity index (χ0n) is 13.0. The summed E-state index contributed by atoms with van der Waals surface area (Å²) in [5.74, 6) is 0.689. The number of phenols is 1. The van der Waals surface area contributed by atoms with Gasteiger partial charge < -0.3 is 15.1 Å². The number of para-hydroxylation sites is 1. The molecule has 0 aliphatic carbocycles. The zero-order valence-corrected chi connectivity index (χ0v) is 13.0. The Morgan fingerprint density at radius 1 is 1.04 bits per heavy atom. The molecule has 0 radical (unpaired) electrons. The lowest BCUT2D eigenvalue weighted by Gasteiger charge is -2.05. The van der Waals surface area contributed by atoms with E-state index in [1.807, 2.05) is 25.1 Å². The average molecular weight is 317 g/mol. The number of nitrogens with one attached hydrogen (secondary N) is 2. The third-order valence-electron chi connectivity index (χ3n) is 4.10. The van der Waals surface area contributed by atoms with Gasteiger partial charge in [0.1, 0.15) is 11.6 Å². The second-order valence-electron chi connectivity index (χ2n) is 5.70. The van der Waals surface area contributed by atoms with E-state index in [-0.39, 0.29) is 11.3 Å². The first-order valence-corrected chi connectivity index (χ1v) is 7.60. The molecule has 0 bridgehead atoms. The van der Waals surface area contributed by atoms with Crippen molar-refractivity contribution in [2.45, 2.75) is 6.92 Å². The highest BCUT2D eigenvalue weighted by Crippen LogP contribution is 2.32. The van der Waals surface area contributed by atoms with Crippen LogP contribution in [0.4, 0.5) is 0 Å². The van der Waals surface area contributed by atoms with Gasteiger partial charge in [-0.1, -0.05) is 18.2 Å². The second-order valence-corrected chi connectivity index (χ2v) is 5.70. The summed E-state index contributed by atoms with van der Waals surface area (Å²) in [6.45, 7) is 1.99. The summed E-state index contributed by atoms with van der Waals surface area (Å²) in [4.78, 5) is 22.5. The molecule has 3 N–H and O–H groups in total. The largest absolute Gasteiger partial charge is 0.507 e. The van der Waals surface area contributed by atoms with Crippen molar-refractivity contribution in [1.29, 1.82) is 0 Å². The molecule has 0 atom stereocenters. The predicted octanol–water partition coefficient (Wildman–Crippen LogP) is 3.60. The third kappa shape index (κ3) is 2.27. The molecule has 24 heavy (non-hydrogen) atoms. The van der Waals surface area contributed by atoms with Crippen LogP contribution in [-0.4, -0.2) is 20.1 Å². The number of aryl methyl sites for hydroxylation is 1. The monoisotopic (exact) mass is 317 g/mol. The van der Waals surface area contributed by atoms with E-state index in [0.29, 0.717) is 17.0 Å². The number of imidazole rings is 1. The fourth-order valence-corrected chi connectivity index (χ4v) is 2.85. The quantitative estimate of drug-likeness (QED) is 0.528. The molecule has 0 saturated heterocycles. The van der Waals surface area contributed by atoms with Gasteiger partial charge in [0.15, 0.2) is 0 Å². The van der Waals surface area contributed by atoms with Gasteiger partial charge in [-0.2, -0.15) is 0 Å². The smallest absolute Gasteiger partial charge is 0.255 e. The average Bonchev–Trinajstić information content (AvgIpc) is 3.01. The summed E-state index contributed by atoms with van der Waals surface area (Å²) >= 11 is 0. The molecule has 2 aromatic carbocycles. The van der Waals surface area contributed by atoms with Crippen molar-refractivity contribution in [1.82, 2.24) is 15.0 Å². The molecule has 5 nitrogen and oxygen atoms in total. The highest BCUT2D eigenvalue weighted by atomic mass is 16.3. The van der Waals surface area contributed by atoms with E-state index < -0.39 is 0 Å². The second kappa shape index (κ2) is 5.38. The molecule has 0 spiro atoms. The molecule has 0 saturated carbocycles. The Hall–Kier alpha value is -3.34. The van der Waals surface area contributed by atoms with E-state index in [4.69, 9.17) is 0 Å². The lowest BCUT2D eigenvalue weighted by atomic mass is 10.0. The van der Waals surface area contributed by atoms with Crippen LogP contribution < -0.4 is 5.56 Å². The summed E-state index contributed by atoms with van der Waals surface area (Å²) in [6, 6.07) is 14.5. The SMILES string of the molecule is Cc1cccc2[nH]c(-c3cc(-c4ccc[nH]c4=O)ccc3O)nc12. The maximum atomic E-state index is 12.0. The van der Waals surface area contributed by atoms with E-state index in [1.54, 1.807) is 36.5 Å². The Balaban J connectivity index is 1.91. The van der Waals surface area contributed by atoms with E-state index >= 15 is 0 Å². The minimum atomic E-state index is -0.172. The lowest BCUT2D eigenvalue weighted by molar-refractivity contribution is 0.477. The van der Waals surface area contributed by atoms with Crippen LogP contribution in [0.3, 0.4) is 0 Å². The molecule has 5 heteroatoms. The van der Waals surface area contributed by atoms with Crippen LogP contribution in [0.1, 0.15) is 5.56 Å². The number of aromatic nitrogens is 3. The van der Waals surface area contributed by atoms with Crippen molar-refractivity contribution in [3.8, 4) is 28.3 Å². The Labute approximate surface area is 137 Å². The van der Waals surface area contributed by atoms with Crippen LogP contribution in [0.15, 0.2) is 59.5 Å². The molecule has 0 amide bonds. The van der Waals surface area contributed by atoms with Crippen molar-refractivity contribution in [2.75, 3.05) is 0 Å². The standard InChI is InChI=1S/C19H15N3O2/c1-11-4-2-6-15-17(11)22-18(21-15)14-10-12(7-8-16(14)23)13-5-3-9-20-19(13)24/h2-10,23H,1H3,(H,20,24)(H,21,22). The molecule has 4 rings (SSSR count). The number of hydrogen-bond acceptors (Lipinski definition) is 3. The van der Waals surface area contributed by atoms with Gasteiger partial charge in [-0.25, -0.2) is 4.98 Å². The summed E-state index contributed by atoms with van der Waals surface area (Å²) in [5, 5.41) is 10.3. The van der Waals surface area contributed by atoms with Crippen LogP contribution in [0.25, 0.3) is 33.5 Å². The number of hydrogen-bond donors (Lipinski definition) is 3. The maximum absolute atomic E-state index is 12.0. The van der Waals surface area contributed by atoms with Crippen molar-refractivity contribution < 1.29 is 5.11 Å². The first kappa shape index (κ1) is 14.3. The van der Waals surface area contributed by atoms with E-state index in [0.717, 1.165) is 22.2 Å². The lowest BCUT2D eigenvalue weighted by Crippen LogP contribution is -2.06. The van der Waals surface area contributed by atoms with Crippen molar-refractivity contribution in [2.24, 2.45) is 0 Å². The molecule has 0 unspecified atom stereocenters. The number of fused-ring (bicyclic) bond motifs is 1. The molecular weight excluding hydrogens is 302 g/mol. The molecule has 0 fully saturated rings. The van der Waals surface area contributed by atoms with Crippen molar-refractivity contribution >= 4 is 11.0 Å². The fourth-order valence-electron chi connectivity index (χ4n) is 2.85.